The van der Waals surface area contributed by atoms with Crippen LogP contribution in [0.2, 0.25) is 0 Å². The van der Waals surface area contributed by atoms with Crippen LogP contribution in [0.3, 0.4) is 0 Å². The van der Waals surface area contributed by atoms with Gasteiger partial charge in [0.25, 0.3) is 0 Å². The van der Waals surface area contributed by atoms with Crippen LogP contribution in [0.15, 0.2) is 30.3 Å². The van der Waals surface area contributed by atoms with Gasteiger partial charge in [0.1, 0.15) is 71.6 Å². The van der Waals surface area contributed by atoms with Crippen molar-refractivity contribution < 1.29 is 84.7 Å². The third-order valence-corrected chi connectivity index (χ3v) is 7.65. The Kier molecular flexibility index (Phi) is 9.17. The van der Waals surface area contributed by atoms with E-state index in [1.165, 1.54) is 6.07 Å². The number of fused-ring (bicyclic) bond motifs is 1. The van der Waals surface area contributed by atoms with Crippen molar-refractivity contribution in [3.05, 3.63) is 41.5 Å². The molecule has 0 amide bonds. The van der Waals surface area contributed by atoms with Gasteiger partial charge in [-0.15, -0.1) is 0 Å². The number of phenols is 3. The van der Waals surface area contributed by atoms with E-state index in [4.69, 9.17) is 23.7 Å². The summed E-state index contributed by atoms with van der Waals surface area (Å²) < 4.78 is 27.9. The van der Waals surface area contributed by atoms with Gasteiger partial charge in [-0.1, -0.05) is 6.07 Å². The first kappa shape index (κ1) is 32.1. The molecule has 2 unspecified atom stereocenters. The van der Waals surface area contributed by atoms with Crippen molar-refractivity contribution in [2.45, 2.75) is 73.6 Å². The minimum atomic E-state index is -1.90. The van der Waals surface area contributed by atoms with Gasteiger partial charge in [0, 0.05) is 12.1 Å². The van der Waals surface area contributed by atoms with Crippen molar-refractivity contribution in [3.63, 3.8) is 0 Å². The molecular formula is C27H32O17. The monoisotopic (exact) mass is 628 g/mol. The number of rotatable bonds is 7. The van der Waals surface area contributed by atoms with Gasteiger partial charge < -0.3 is 79.9 Å². The lowest BCUT2D eigenvalue weighted by Crippen LogP contribution is -2.60. The molecule has 2 fully saturated rings. The van der Waals surface area contributed by atoms with Gasteiger partial charge in [0.15, 0.2) is 30.0 Å². The number of benzene rings is 2. The molecule has 2 saturated heterocycles. The van der Waals surface area contributed by atoms with Gasteiger partial charge in [-0.2, -0.15) is 0 Å². The average molecular weight is 629 g/mol. The van der Waals surface area contributed by atoms with Crippen LogP contribution < -0.4 is 9.47 Å². The van der Waals surface area contributed by atoms with Crippen molar-refractivity contribution in [2.75, 3.05) is 13.2 Å². The van der Waals surface area contributed by atoms with E-state index in [0.717, 1.165) is 24.3 Å². The second-order valence-electron chi connectivity index (χ2n) is 10.5. The summed E-state index contributed by atoms with van der Waals surface area (Å²) >= 11 is 0. The fraction of sp³-hybridized carbons (Fsp3) is 0.519. The molecule has 3 aliphatic heterocycles. The number of hydrogen-bond acceptors (Lipinski definition) is 17. The Balaban J connectivity index is 1.49. The normalized spacial score (nSPS) is 37.2. The standard InChI is InChI=1S/C27H32O17/c28-6-14-17(33)20(36)22(38)26(42-14)40-9-4-12(32)16-13(5-9)41-24(8-1-2-10(30)11(31)3-8)25(19(16)35)44-27-23(39)21(37)18(34)15(7-29)43-27/h1-5,14-15,17-18,20-34,36-39H,6-7H2/t14-,15-,17-,18-,20-,21-,22-,23-,24?,25?,26-,27+/m1/s1. The Hall–Kier alpha value is -3.33. The first-order chi connectivity index (χ1) is 20.9. The predicted octanol–water partition coefficient (Wildman–Crippen LogP) is -3.52. The zero-order valence-corrected chi connectivity index (χ0v) is 22.6. The van der Waals surface area contributed by atoms with Crippen molar-refractivity contribution in [1.29, 1.82) is 0 Å². The van der Waals surface area contributed by atoms with Crippen LogP contribution in [0, 0.1) is 0 Å². The molecule has 17 heteroatoms. The first-order valence-electron chi connectivity index (χ1n) is 13.4. The fourth-order valence-electron chi connectivity index (χ4n) is 5.18. The average Bonchev–Trinajstić information content (AvgIpc) is 2.99. The number of carbonyl (C=O) groups excluding carboxylic acids is 1. The molecule has 0 saturated carbocycles. The quantitative estimate of drug-likeness (QED) is 0.133. The summed E-state index contributed by atoms with van der Waals surface area (Å²) in [6, 6.07) is 5.48. The maximum Gasteiger partial charge on any atom is 0.229 e. The van der Waals surface area contributed by atoms with E-state index >= 15 is 0 Å². The van der Waals surface area contributed by atoms with Crippen LogP contribution in [-0.2, 0) is 14.2 Å². The zero-order valence-electron chi connectivity index (χ0n) is 22.6. The van der Waals surface area contributed by atoms with Crippen molar-refractivity contribution >= 4 is 5.78 Å². The smallest absolute Gasteiger partial charge is 0.229 e. The number of carbonyl (C=O) groups is 1. The number of hydrogen-bond donors (Lipinski definition) is 11. The molecular weight excluding hydrogens is 596 g/mol. The number of aliphatic hydroxyl groups is 8. The molecule has 242 valence electrons. The molecule has 11 N–H and O–H groups in total. The van der Waals surface area contributed by atoms with E-state index in [0.29, 0.717) is 0 Å². The molecule has 2 aromatic carbocycles. The van der Waals surface area contributed by atoms with Crippen LogP contribution in [0.4, 0.5) is 0 Å². The van der Waals surface area contributed by atoms with Crippen LogP contribution in [0.5, 0.6) is 28.7 Å². The van der Waals surface area contributed by atoms with Gasteiger partial charge in [-0.05, 0) is 17.7 Å². The molecule has 17 nitrogen and oxygen atoms in total. The maximum absolute atomic E-state index is 13.8. The summed E-state index contributed by atoms with van der Waals surface area (Å²) in [6.07, 6.45) is -20.0. The van der Waals surface area contributed by atoms with E-state index in [1.807, 2.05) is 0 Å². The molecule has 44 heavy (non-hydrogen) atoms. The van der Waals surface area contributed by atoms with Gasteiger partial charge in [-0.25, -0.2) is 0 Å². The molecule has 0 bridgehead atoms. The van der Waals surface area contributed by atoms with E-state index < -0.39 is 115 Å². The summed E-state index contributed by atoms with van der Waals surface area (Å²) in [5.41, 5.74) is -0.395. The van der Waals surface area contributed by atoms with Gasteiger partial charge >= 0.3 is 0 Å². The Labute approximate surface area is 247 Å². The predicted molar refractivity (Wildman–Crippen MR) is 139 cm³/mol. The summed E-state index contributed by atoms with van der Waals surface area (Å²) in [4.78, 5) is 13.8. The largest absolute Gasteiger partial charge is 0.507 e. The number of Topliss-reactive ketones (excluding diaryl/α,β-unsaturated/α-hetero) is 1. The minimum Gasteiger partial charge on any atom is -0.507 e. The fourth-order valence-corrected chi connectivity index (χ4v) is 5.18. The van der Waals surface area contributed by atoms with Gasteiger partial charge in [0.2, 0.25) is 12.1 Å². The van der Waals surface area contributed by atoms with Crippen LogP contribution in [-0.4, -0.2) is 143 Å². The van der Waals surface area contributed by atoms with E-state index in [-0.39, 0.29) is 17.1 Å². The highest BCUT2D eigenvalue weighted by Crippen LogP contribution is 2.45. The number of aromatic hydroxyl groups is 3. The molecule has 5 rings (SSSR count). The Morgan fingerprint density at radius 1 is 0.682 bits per heavy atom. The van der Waals surface area contributed by atoms with Gasteiger partial charge in [0.05, 0.1) is 13.2 Å². The highest BCUT2D eigenvalue weighted by atomic mass is 16.7. The second-order valence-corrected chi connectivity index (χ2v) is 10.5. The molecule has 0 aliphatic carbocycles. The number of ketones is 1. The summed E-state index contributed by atoms with van der Waals surface area (Å²) in [5, 5.41) is 111. The van der Waals surface area contributed by atoms with Crippen LogP contribution in [0.25, 0.3) is 0 Å². The molecule has 3 heterocycles. The zero-order chi connectivity index (χ0) is 32.0. The third kappa shape index (κ3) is 5.75. The number of aliphatic hydroxyl groups excluding tert-OH is 8. The lowest BCUT2D eigenvalue weighted by atomic mass is 9.92. The number of ether oxygens (including phenoxy) is 5. The molecule has 2 aromatic rings. The Morgan fingerprint density at radius 2 is 1.27 bits per heavy atom. The third-order valence-electron chi connectivity index (χ3n) is 7.65. The first-order valence-corrected chi connectivity index (χ1v) is 13.4. The van der Waals surface area contributed by atoms with Crippen LogP contribution >= 0.6 is 0 Å². The molecule has 3 aliphatic rings. The Bertz CT molecular complexity index is 1350. The van der Waals surface area contributed by atoms with E-state index in [2.05, 4.69) is 0 Å². The van der Waals surface area contributed by atoms with Crippen molar-refractivity contribution in [1.82, 2.24) is 0 Å². The van der Waals surface area contributed by atoms with Gasteiger partial charge in [-0.3, -0.25) is 4.79 Å². The summed E-state index contributed by atoms with van der Waals surface area (Å²) in [6.45, 7) is -1.51. The molecule has 0 aromatic heterocycles. The second kappa shape index (κ2) is 12.6. The Morgan fingerprint density at radius 3 is 1.86 bits per heavy atom. The molecule has 12 atom stereocenters. The maximum atomic E-state index is 13.8. The van der Waals surface area contributed by atoms with Crippen molar-refractivity contribution in [3.8, 4) is 28.7 Å². The van der Waals surface area contributed by atoms with Crippen molar-refractivity contribution in [2.24, 2.45) is 0 Å². The topological polar surface area (TPSA) is 286 Å². The lowest BCUT2D eigenvalue weighted by Gasteiger charge is -2.42. The molecule has 0 radical (unpaired) electrons. The highest BCUT2D eigenvalue weighted by molar-refractivity contribution is 6.05. The highest BCUT2D eigenvalue weighted by Gasteiger charge is 2.50. The van der Waals surface area contributed by atoms with E-state index in [1.54, 1.807) is 0 Å². The molecule has 0 spiro atoms. The van der Waals surface area contributed by atoms with Crippen LogP contribution in [0.1, 0.15) is 22.0 Å². The minimum absolute atomic E-state index is 0.0497. The number of phenolic OH excluding ortho intramolecular Hbond substituents is 3. The summed E-state index contributed by atoms with van der Waals surface area (Å²) in [5.74, 6) is -3.33. The SMILES string of the molecule is O=C1c2c(O)cc(O[C@@H]3O[C@H](CO)[C@@H](O)[C@@H](O)[C@H]3O)cc2OC(c2ccc(O)c(O)c2)C1O[C@@H]1O[C@H](CO)[C@@H](O)[C@@H](O)[C@H]1O. The summed E-state index contributed by atoms with van der Waals surface area (Å²) in [7, 11) is 0. The lowest BCUT2D eigenvalue weighted by molar-refractivity contribution is -0.311. The van der Waals surface area contributed by atoms with E-state index in [9.17, 15) is 61.0 Å².